The molecule has 88 valence electrons. The summed E-state index contributed by atoms with van der Waals surface area (Å²) in [6.45, 7) is 0. The van der Waals surface area contributed by atoms with Gasteiger partial charge in [0.15, 0.2) is 5.75 Å². The Morgan fingerprint density at radius 2 is 1.88 bits per heavy atom. The first kappa shape index (κ1) is 12.4. The van der Waals surface area contributed by atoms with Gasteiger partial charge in [-0.15, -0.1) is 0 Å². The topological polar surface area (TPSA) is 63.7 Å². The van der Waals surface area contributed by atoms with Crippen LogP contribution in [0.2, 0.25) is 0 Å². The summed E-state index contributed by atoms with van der Waals surface area (Å²) in [7, 11) is -2.15. The van der Waals surface area contributed by atoms with Gasteiger partial charge in [-0.25, -0.2) is 0 Å². The minimum Gasteiger partial charge on any atom is -0.358 e. The number of hydrogen-bond acceptors (Lipinski definition) is 4. The summed E-state index contributed by atoms with van der Waals surface area (Å²) in [6.07, 6.45) is 0. The van der Waals surface area contributed by atoms with Crippen molar-refractivity contribution in [1.29, 1.82) is 0 Å². The third-order valence-electron chi connectivity index (χ3n) is 1.71. The molecule has 16 heavy (non-hydrogen) atoms. The fourth-order valence-electron chi connectivity index (χ4n) is 1.06. The van der Waals surface area contributed by atoms with Gasteiger partial charge in [0.1, 0.15) is 0 Å². The fraction of sp³-hybridized carbons (Fsp3) is 0.222. The molecule has 1 rings (SSSR count). The zero-order valence-corrected chi connectivity index (χ0v) is 9.49. The molecule has 0 N–H and O–H groups in total. The lowest BCUT2D eigenvalue weighted by atomic mass is 10.2. The summed E-state index contributed by atoms with van der Waals surface area (Å²) in [5, 5.41) is 0. The van der Waals surface area contributed by atoms with Crippen molar-refractivity contribution in [3.63, 3.8) is 0 Å². The average Bonchev–Trinajstić information content (AvgIpc) is 2.15. The van der Waals surface area contributed by atoms with Crippen LogP contribution in [0.5, 0.6) is 5.75 Å². The molecule has 0 radical (unpaired) electrons. The number of nitrogens with zero attached hydrogens (tertiary/aromatic N) is 1. The number of carbonyl (C=O) groups excluding carboxylic acids is 1. The molecule has 0 aliphatic rings. The van der Waals surface area contributed by atoms with Crippen molar-refractivity contribution in [2.75, 3.05) is 14.1 Å². The number of amides is 1. The molecular weight excluding hydrogens is 237 g/mol. The van der Waals surface area contributed by atoms with Gasteiger partial charge in [-0.3, -0.25) is 4.79 Å². The second-order valence-corrected chi connectivity index (χ2v) is 4.13. The minimum absolute atomic E-state index is 0.0197. The molecule has 0 bridgehead atoms. The summed E-state index contributed by atoms with van der Waals surface area (Å²) >= 11 is 0. The van der Waals surface area contributed by atoms with Crippen molar-refractivity contribution >= 4 is 16.4 Å². The molecule has 0 fully saturated rings. The summed E-state index contributed by atoms with van der Waals surface area (Å²) in [6, 6.07) is 5.51. The van der Waals surface area contributed by atoms with Crippen LogP contribution in [0.3, 0.4) is 0 Å². The lowest BCUT2D eigenvalue weighted by Gasteiger charge is -2.12. The monoisotopic (exact) mass is 247 g/mol. The molecule has 0 heterocycles. The largest absolute Gasteiger partial charge is 0.488 e. The Kier molecular flexibility index (Phi) is 3.48. The second-order valence-electron chi connectivity index (χ2n) is 3.17. The maximum absolute atomic E-state index is 12.3. The number of halogens is 1. The molecule has 1 amide bonds. The van der Waals surface area contributed by atoms with Gasteiger partial charge in [0.05, 0.1) is 5.56 Å². The van der Waals surface area contributed by atoms with Gasteiger partial charge in [-0.05, 0) is 12.1 Å². The van der Waals surface area contributed by atoms with E-state index in [4.69, 9.17) is 0 Å². The maximum atomic E-state index is 12.3. The van der Waals surface area contributed by atoms with Crippen LogP contribution in [-0.2, 0) is 10.5 Å². The Morgan fingerprint density at radius 1 is 1.31 bits per heavy atom. The van der Waals surface area contributed by atoms with E-state index in [9.17, 15) is 17.1 Å². The Labute approximate surface area is 92.9 Å². The van der Waals surface area contributed by atoms with Crippen molar-refractivity contribution in [2.24, 2.45) is 0 Å². The van der Waals surface area contributed by atoms with E-state index in [0.29, 0.717) is 0 Å². The first-order chi connectivity index (χ1) is 7.31. The zero-order chi connectivity index (χ0) is 12.3. The molecule has 0 unspecified atom stereocenters. The van der Waals surface area contributed by atoms with Crippen LogP contribution in [-0.4, -0.2) is 33.3 Å². The van der Waals surface area contributed by atoms with Crippen molar-refractivity contribution in [2.45, 2.75) is 0 Å². The van der Waals surface area contributed by atoms with Crippen LogP contribution in [0.15, 0.2) is 24.3 Å². The van der Waals surface area contributed by atoms with E-state index in [2.05, 4.69) is 4.18 Å². The van der Waals surface area contributed by atoms with Crippen LogP contribution < -0.4 is 4.18 Å². The normalized spacial score (nSPS) is 10.9. The number of hydrogen-bond donors (Lipinski definition) is 0. The van der Waals surface area contributed by atoms with Crippen LogP contribution in [0.1, 0.15) is 10.4 Å². The Hall–Kier alpha value is -1.63. The van der Waals surface area contributed by atoms with E-state index < -0.39 is 16.4 Å². The lowest BCUT2D eigenvalue weighted by molar-refractivity contribution is 0.0826. The van der Waals surface area contributed by atoms with Crippen molar-refractivity contribution < 1.29 is 21.3 Å². The number of para-hydroxylation sites is 1. The molecule has 0 atom stereocenters. The Bertz CT molecular complexity index is 498. The first-order valence-electron chi connectivity index (χ1n) is 4.26. The molecule has 1 aromatic rings. The molecular formula is C9H10FNO4S. The highest BCUT2D eigenvalue weighted by Gasteiger charge is 2.18. The van der Waals surface area contributed by atoms with E-state index >= 15 is 0 Å². The van der Waals surface area contributed by atoms with Gasteiger partial charge >= 0.3 is 10.5 Å². The van der Waals surface area contributed by atoms with Crippen molar-refractivity contribution in [3.8, 4) is 5.75 Å². The highest BCUT2D eigenvalue weighted by atomic mass is 32.3. The number of rotatable bonds is 3. The molecule has 0 spiro atoms. The fourth-order valence-corrected chi connectivity index (χ4v) is 1.42. The predicted octanol–water partition coefficient (Wildman–Crippen LogP) is 0.982. The highest BCUT2D eigenvalue weighted by Crippen LogP contribution is 2.21. The predicted molar refractivity (Wildman–Crippen MR) is 55.1 cm³/mol. The zero-order valence-electron chi connectivity index (χ0n) is 8.68. The van der Waals surface area contributed by atoms with Crippen LogP contribution in [0.4, 0.5) is 3.89 Å². The minimum atomic E-state index is -5.13. The Balaban J connectivity index is 3.16. The highest BCUT2D eigenvalue weighted by molar-refractivity contribution is 7.81. The molecule has 1 aromatic carbocycles. The van der Waals surface area contributed by atoms with Crippen LogP contribution in [0, 0.1) is 0 Å². The van der Waals surface area contributed by atoms with Gasteiger partial charge in [0, 0.05) is 14.1 Å². The van der Waals surface area contributed by atoms with E-state index in [1.54, 1.807) is 0 Å². The molecule has 0 aliphatic carbocycles. The van der Waals surface area contributed by atoms with E-state index in [-0.39, 0.29) is 11.3 Å². The molecule has 0 aliphatic heterocycles. The van der Waals surface area contributed by atoms with Gasteiger partial charge in [-0.2, -0.15) is 8.42 Å². The van der Waals surface area contributed by atoms with E-state index in [1.165, 1.54) is 43.3 Å². The van der Waals surface area contributed by atoms with E-state index in [0.717, 1.165) is 0 Å². The second kappa shape index (κ2) is 4.48. The van der Waals surface area contributed by atoms with Gasteiger partial charge in [0.25, 0.3) is 5.91 Å². The SMILES string of the molecule is CN(C)C(=O)c1ccccc1OS(=O)(=O)F. The Morgan fingerprint density at radius 3 is 2.38 bits per heavy atom. The summed E-state index contributed by atoms with van der Waals surface area (Å²) in [5.41, 5.74) is -0.0197. The third kappa shape index (κ3) is 3.20. The smallest absolute Gasteiger partial charge is 0.358 e. The standard InChI is InChI=1S/C9H10FNO4S/c1-11(2)9(12)7-5-3-4-6-8(7)15-16(10,13)14/h3-6H,1-2H3. The van der Waals surface area contributed by atoms with Gasteiger partial charge in [-0.1, -0.05) is 16.0 Å². The average molecular weight is 247 g/mol. The van der Waals surface area contributed by atoms with Crippen LogP contribution in [0.25, 0.3) is 0 Å². The van der Waals surface area contributed by atoms with Gasteiger partial charge in [0.2, 0.25) is 0 Å². The quantitative estimate of drug-likeness (QED) is 0.747. The first-order valence-corrected chi connectivity index (χ1v) is 5.57. The molecule has 0 saturated heterocycles. The maximum Gasteiger partial charge on any atom is 0.488 e. The molecule has 5 nitrogen and oxygen atoms in total. The van der Waals surface area contributed by atoms with Crippen molar-refractivity contribution in [1.82, 2.24) is 4.90 Å². The molecule has 7 heteroatoms. The molecule has 0 aromatic heterocycles. The summed E-state index contributed by atoms with van der Waals surface area (Å²) < 4.78 is 37.1. The van der Waals surface area contributed by atoms with Crippen LogP contribution >= 0.6 is 0 Å². The van der Waals surface area contributed by atoms with Gasteiger partial charge < -0.3 is 9.08 Å². The summed E-state index contributed by atoms with van der Waals surface area (Å²) in [4.78, 5) is 12.8. The summed E-state index contributed by atoms with van der Waals surface area (Å²) in [5.74, 6) is -0.803. The van der Waals surface area contributed by atoms with E-state index in [1.807, 2.05) is 0 Å². The lowest BCUT2D eigenvalue weighted by Crippen LogP contribution is -2.22. The van der Waals surface area contributed by atoms with Crippen molar-refractivity contribution in [3.05, 3.63) is 29.8 Å². The molecule has 0 saturated carbocycles. The number of carbonyl (C=O) groups is 1. The number of benzene rings is 1. The third-order valence-corrected chi connectivity index (χ3v) is 2.09.